The molecule has 9 rings (SSSR count). The van der Waals surface area contributed by atoms with E-state index in [1.54, 1.807) is 45.7 Å². The number of fused-ring (bicyclic) bond motifs is 1. The lowest BCUT2D eigenvalue weighted by Crippen LogP contribution is -2.63. The van der Waals surface area contributed by atoms with Gasteiger partial charge in [-0.05, 0) is 123 Å². The quantitative estimate of drug-likeness (QED) is 0.102. The van der Waals surface area contributed by atoms with Crippen molar-refractivity contribution < 1.29 is 14.7 Å². The van der Waals surface area contributed by atoms with Crippen LogP contribution >= 0.6 is 11.6 Å². The highest BCUT2D eigenvalue weighted by Gasteiger charge is 2.53. The van der Waals surface area contributed by atoms with Gasteiger partial charge in [0.15, 0.2) is 0 Å². The Morgan fingerprint density at radius 3 is 2.29 bits per heavy atom. The second-order valence-electron chi connectivity index (χ2n) is 22.6. The molecule has 1 spiro atoms. The number of aromatic nitrogens is 2. The smallest absolute Gasteiger partial charge is 0.254 e. The molecule has 2 saturated carbocycles. The molecule has 6 N–H and O–H groups in total. The van der Waals surface area contributed by atoms with Crippen LogP contribution < -0.4 is 26.2 Å². The minimum atomic E-state index is -0.0870. The lowest BCUT2D eigenvalue weighted by Gasteiger charge is -2.57. The van der Waals surface area contributed by atoms with Crippen LogP contribution in [-0.4, -0.2) is 120 Å². The van der Waals surface area contributed by atoms with Crippen molar-refractivity contribution in [2.75, 3.05) is 62.7 Å². The standard InChI is InChI=1S/C48H69N11O2.C8H6ClNO/c1-31-21-41-33(22-38(31)34(23-49)24-51-7)9-8-17-59(41)42(50)39-27-57(32(2)60)20-14-40(39)54-36-12-18-56(19-13-36)37-10-15-48(16-11-37)29-58(30-48)45-52-25-35(26-53-45)43(61)55-44-46(3,4)28-47(44,5)6;1-5-7(11)3-2-6(4-10)8(5)9/h21-26,36-37,44,50,54H,8-20,27-30,49H2,1-7H3,(H,55,61);2-3,11H,1H3/b34-23+,50-42?,51-24?;. The fraction of sp³-hybridized carbons (Fsp3) is 0.554. The number of likely N-dealkylation sites (tertiary alicyclic amines) is 1. The van der Waals surface area contributed by atoms with Crippen LogP contribution in [0.3, 0.4) is 0 Å². The molecule has 4 fully saturated rings. The minimum Gasteiger partial charge on any atom is -0.508 e. The third-order valence-electron chi connectivity index (χ3n) is 16.6. The van der Waals surface area contributed by atoms with Crippen molar-refractivity contribution in [2.45, 2.75) is 131 Å². The molecule has 3 aromatic rings. The summed E-state index contributed by atoms with van der Waals surface area (Å²) in [6.07, 6.45) is 17.6. The maximum atomic E-state index is 13.1. The number of aromatic hydroxyl groups is 1. The van der Waals surface area contributed by atoms with E-state index >= 15 is 0 Å². The van der Waals surface area contributed by atoms with Gasteiger partial charge in [0.1, 0.15) is 17.7 Å². The van der Waals surface area contributed by atoms with Crippen LogP contribution in [0.5, 0.6) is 5.75 Å². The van der Waals surface area contributed by atoms with Crippen molar-refractivity contribution in [3.63, 3.8) is 0 Å². The average molecular weight is 1000 g/mol. The molecule has 15 nitrogen and oxygen atoms in total. The molecule has 16 heteroatoms. The number of rotatable bonds is 9. The van der Waals surface area contributed by atoms with Gasteiger partial charge in [0.05, 0.1) is 22.7 Å². The van der Waals surface area contributed by atoms with E-state index in [4.69, 9.17) is 27.7 Å². The number of amidine groups is 1. The first-order valence-electron chi connectivity index (χ1n) is 25.9. The molecule has 2 aromatic carbocycles. The van der Waals surface area contributed by atoms with E-state index in [0.717, 1.165) is 111 Å². The number of carbonyl (C=O) groups excluding carboxylic acids is 2. The zero-order valence-electron chi connectivity index (χ0n) is 43.7. The lowest BCUT2D eigenvalue weighted by molar-refractivity contribution is -0.128. The maximum Gasteiger partial charge on any atom is 0.254 e. The zero-order valence-corrected chi connectivity index (χ0v) is 44.4. The van der Waals surface area contributed by atoms with Crippen molar-refractivity contribution in [2.24, 2.45) is 27.0 Å². The number of aliphatic imine (C=N–C) groups is 1. The predicted octanol–water partition coefficient (Wildman–Crippen LogP) is 8.30. The number of nitrogens with one attached hydrogen (secondary N) is 3. The summed E-state index contributed by atoms with van der Waals surface area (Å²) < 4.78 is 0. The maximum absolute atomic E-state index is 13.1. The number of allylic oxidation sites excluding steroid dienone is 1. The number of phenols is 1. The number of nitrogens with two attached hydrogens (primary N) is 1. The Morgan fingerprint density at radius 1 is 1.00 bits per heavy atom. The van der Waals surface area contributed by atoms with E-state index in [2.05, 4.69) is 87.0 Å². The lowest BCUT2D eigenvalue weighted by atomic mass is 9.52. The predicted molar refractivity (Wildman–Crippen MR) is 288 cm³/mol. The van der Waals surface area contributed by atoms with Crippen molar-refractivity contribution in [1.29, 1.82) is 10.7 Å². The summed E-state index contributed by atoms with van der Waals surface area (Å²) in [5.41, 5.74) is 15.4. The van der Waals surface area contributed by atoms with E-state index in [-0.39, 0.29) is 34.4 Å². The normalized spacial score (nSPS) is 21.3. The van der Waals surface area contributed by atoms with Crippen LogP contribution in [0, 0.1) is 46.8 Å². The molecule has 72 heavy (non-hydrogen) atoms. The summed E-state index contributed by atoms with van der Waals surface area (Å²) >= 11 is 5.72. The zero-order chi connectivity index (χ0) is 51.7. The highest BCUT2D eigenvalue weighted by atomic mass is 35.5. The van der Waals surface area contributed by atoms with E-state index in [1.165, 1.54) is 43.4 Å². The van der Waals surface area contributed by atoms with E-state index in [0.29, 0.717) is 58.1 Å². The molecule has 384 valence electrons. The highest BCUT2D eigenvalue weighted by Crippen LogP contribution is 2.53. The third kappa shape index (κ3) is 10.9. The van der Waals surface area contributed by atoms with Crippen LogP contribution in [0.2, 0.25) is 5.02 Å². The molecule has 2 saturated heterocycles. The van der Waals surface area contributed by atoms with Gasteiger partial charge in [-0.25, -0.2) is 9.97 Å². The average Bonchev–Trinajstić information content (AvgIpc) is 3.35. The summed E-state index contributed by atoms with van der Waals surface area (Å²) in [6.45, 7) is 20.3. The van der Waals surface area contributed by atoms with Crippen LogP contribution in [0.1, 0.15) is 131 Å². The monoisotopic (exact) mass is 999 g/mol. The third-order valence-corrected chi connectivity index (χ3v) is 17.0. The molecule has 6 aliphatic rings. The summed E-state index contributed by atoms with van der Waals surface area (Å²) in [5.74, 6) is 1.31. The number of hydrogen-bond acceptors (Lipinski definition) is 12. The first kappa shape index (κ1) is 52.3. The van der Waals surface area contributed by atoms with Crippen molar-refractivity contribution >= 4 is 52.7 Å². The number of anilines is 2. The number of aryl methyl sites for hydroxylation is 2. The Morgan fingerprint density at radius 2 is 1.68 bits per heavy atom. The molecule has 0 unspecified atom stereocenters. The van der Waals surface area contributed by atoms with Gasteiger partial charge in [0, 0.05) is 136 Å². The van der Waals surface area contributed by atoms with Crippen molar-refractivity contribution in [1.82, 2.24) is 30.4 Å². The number of benzene rings is 2. The highest BCUT2D eigenvalue weighted by molar-refractivity contribution is 6.32. The molecular weight excluding hydrogens is 924 g/mol. The molecule has 2 amide bonds. The SMILES string of the molecule is CN=C/C(=C\N)c1cc2c(cc1C)N(C(=N)C1=C(NC3CCN(C4CCC5(CC4)CN(c4ncc(C(=O)NC6C(C)(C)CC6(C)C)cn4)C5)CC3)CCN(C(C)=O)C1)CCC2.Cc1c(O)ccc(C#N)c1Cl. The van der Waals surface area contributed by atoms with Crippen LogP contribution in [0.15, 0.2) is 59.1 Å². The van der Waals surface area contributed by atoms with Crippen LogP contribution in [-0.2, 0) is 11.2 Å². The van der Waals surface area contributed by atoms with Gasteiger partial charge in [0.25, 0.3) is 5.91 Å². The molecule has 0 bridgehead atoms. The molecule has 5 heterocycles. The number of piperidine rings is 1. The number of halogens is 1. The fourth-order valence-electron chi connectivity index (χ4n) is 12.9. The van der Waals surface area contributed by atoms with E-state index < -0.39 is 0 Å². The first-order valence-corrected chi connectivity index (χ1v) is 26.2. The largest absolute Gasteiger partial charge is 0.508 e. The van der Waals surface area contributed by atoms with Gasteiger partial charge in [-0.15, -0.1) is 0 Å². The van der Waals surface area contributed by atoms with Gasteiger partial charge in [-0.3, -0.25) is 20.0 Å². The number of phenolic OH excluding ortho intramolecular Hbond substituents is 1. The Balaban J connectivity index is 0.000000558. The fourth-order valence-corrected chi connectivity index (χ4v) is 13.1. The Bertz CT molecular complexity index is 2670. The Kier molecular flexibility index (Phi) is 15.4. The minimum absolute atomic E-state index is 0.0560. The van der Waals surface area contributed by atoms with Crippen LogP contribution in [0.25, 0.3) is 5.57 Å². The number of carbonyl (C=O) groups is 2. The van der Waals surface area contributed by atoms with E-state index in [9.17, 15) is 15.0 Å². The molecular formula is C56H75ClN12O3. The number of amides is 2. The second kappa shape index (κ2) is 21.2. The topological polar surface area (TPSA) is 203 Å². The van der Waals surface area contributed by atoms with Crippen molar-refractivity contribution in [3.05, 3.63) is 92.5 Å². The summed E-state index contributed by atoms with van der Waals surface area (Å²) in [7, 11) is 1.76. The molecule has 2 aliphatic carbocycles. The second-order valence-corrected chi connectivity index (χ2v) is 23.0. The van der Waals surface area contributed by atoms with Crippen LogP contribution in [0.4, 0.5) is 11.6 Å². The van der Waals surface area contributed by atoms with Gasteiger partial charge in [-0.1, -0.05) is 39.3 Å². The van der Waals surface area contributed by atoms with Gasteiger partial charge in [0.2, 0.25) is 11.9 Å². The summed E-state index contributed by atoms with van der Waals surface area (Å²) in [4.78, 5) is 48.2. The molecule has 1 aromatic heterocycles. The molecule has 0 radical (unpaired) electrons. The van der Waals surface area contributed by atoms with Gasteiger partial charge < -0.3 is 41.1 Å². The number of nitrogens with zero attached hydrogens (tertiary/aromatic N) is 8. The number of hydrogen-bond donors (Lipinski definition) is 5. The first-order chi connectivity index (χ1) is 34.3. The summed E-state index contributed by atoms with van der Waals surface area (Å²) in [6, 6.07) is 10.4. The molecule has 4 aliphatic heterocycles. The van der Waals surface area contributed by atoms with Crippen molar-refractivity contribution in [3.8, 4) is 11.8 Å². The summed E-state index contributed by atoms with van der Waals surface area (Å²) in [5, 5.41) is 34.8. The van der Waals surface area contributed by atoms with Gasteiger partial charge >= 0.3 is 0 Å². The van der Waals surface area contributed by atoms with Gasteiger partial charge in [-0.2, -0.15) is 5.26 Å². The Hall–Kier alpha value is -5.98. The molecule has 0 atom stereocenters. The van der Waals surface area contributed by atoms with E-state index in [1.807, 2.05) is 11.0 Å². The number of nitriles is 1. The Labute approximate surface area is 431 Å².